The number of nitrogens with zero attached hydrogens (tertiary/aromatic N) is 2. The van der Waals surface area contributed by atoms with E-state index in [0.717, 1.165) is 22.3 Å². The van der Waals surface area contributed by atoms with Crippen molar-refractivity contribution in [3.8, 4) is 11.1 Å². The summed E-state index contributed by atoms with van der Waals surface area (Å²) < 4.78 is 5.51. The van der Waals surface area contributed by atoms with E-state index >= 15 is 0 Å². The van der Waals surface area contributed by atoms with Crippen molar-refractivity contribution in [1.82, 2.24) is 15.2 Å². The number of carboxylic acids is 1. The molecule has 0 saturated heterocycles. The van der Waals surface area contributed by atoms with Crippen molar-refractivity contribution in [2.45, 2.75) is 5.92 Å². The molecule has 8 nitrogen and oxygen atoms in total. The molecule has 3 N–H and O–H groups in total. The molecule has 0 unspecified atom stereocenters. The number of nitrogens with one attached hydrogen (secondary N) is 2. The molecule has 1 aliphatic rings. The zero-order chi connectivity index (χ0) is 20.7. The molecule has 0 fully saturated rings. The Labute approximate surface area is 170 Å². The van der Waals surface area contributed by atoms with Crippen molar-refractivity contribution in [1.29, 1.82) is 0 Å². The molecule has 5 rings (SSSR count). The van der Waals surface area contributed by atoms with Gasteiger partial charge in [0.25, 0.3) is 0 Å². The van der Waals surface area contributed by atoms with Crippen LogP contribution in [0.25, 0.3) is 22.2 Å². The molecule has 0 aliphatic heterocycles. The monoisotopic (exact) mass is 400 g/mol. The quantitative estimate of drug-likeness (QED) is 0.476. The number of pyridine rings is 1. The van der Waals surface area contributed by atoms with Crippen LogP contribution in [0.15, 0.2) is 60.8 Å². The summed E-state index contributed by atoms with van der Waals surface area (Å²) in [6.45, 7) is 0.171. The Hall–Kier alpha value is -4.20. The van der Waals surface area contributed by atoms with Gasteiger partial charge in [0.05, 0.1) is 10.9 Å². The molecular formula is C22H16N4O4. The minimum Gasteiger partial charge on any atom is -0.478 e. The summed E-state index contributed by atoms with van der Waals surface area (Å²) in [5, 5.41) is 18.7. The molecule has 1 aliphatic carbocycles. The van der Waals surface area contributed by atoms with Gasteiger partial charge >= 0.3 is 12.1 Å². The molecule has 0 bridgehead atoms. The maximum atomic E-state index is 12.4. The van der Waals surface area contributed by atoms with Gasteiger partial charge in [-0.25, -0.2) is 14.6 Å². The summed E-state index contributed by atoms with van der Waals surface area (Å²) >= 11 is 0. The fourth-order valence-corrected chi connectivity index (χ4v) is 3.85. The Kier molecular flexibility index (Phi) is 4.17. The number of H-pyrrole nitrogens is 1. The van der Waals surface area contributed by atoms with Crippen LogP contribution in [0.5, 0.6) is 0 Å². The maximum Gasteiger partial charge on any atom is 0.412 e. The lowest BCUT2D eigenvalue weighted by Crippen LogP contribution is -2.18. The van der Waals surface area contributed by atoms with E-state index in [-0.39, 0.29) is 23.9 Å². The van der Waals surface area contributed by atoms with Crippen LogP contribution >= 0.6 is 0 Å². The van der Waals surface area contributed by atoms with E-state index in [4.69, 9.17) is 9.84 Å². The molecule has 0 atom stereocenters. The number of ether oxygens (including phenoxy) is 1. The number of rotatable bonds is 4. The second kappa shape index (κ2) is 7.00. The molecular weight excluding hydrogens is 384 g/mol. The highest BCUT2D eigenvalue weighted by Crippen LogP contribution is 2.44. The summed E-state index contributed by atoms with van der Waals surface area (Å²) in [5.74, 6) is -0.933. The number of aromatic amines is 1. The molecule has 148 valence electrons. The number of aromatic nitrogens is 3. The van der Waals surface area contributed by atoms with Gasteiger partial charge < -0.3 is 9.84 Å². The Morgan fingerprint density at radius 3 is 2.40 bits per heavy atom. The van der Waals surface area contributed by atoms with E-state index in [1.165, 1.54) is 12.3 Å². The maximum absolute atomic E-state index is 12.4. The van der Waals surface area contributed by atoms with Crippen LogP contribution in [0.3, 0.4) is 0 Å². The van der Waals surface area contributed by atoms with E-state index in [1.807, 2.05) is 36.4 Å². The topological polar surface area (TPSA) is 117 Å². The van der Waals surface area contributed by atoms with Crippen LogP contribution < -0.4 is 5.32 Å². The number of fused-ring (bicyclic) bond motifs is 4. The zero-order valence-electron chi connectivity index (χ0n) is 15.6. The fraction of sp³-hybridized carbons (Fsp3) is 0.0909. The molecule has 4 aromatic rings. The van der Waals surface area contributed by atoms with Gasteiger partial charge in [0.1, 0.15) is 12.4 Å². The van der Waals surface area contributed by atoms with Gasteiger partial charge in [0, 0.05) is 12.1 Å². The number of hydrogen-bond acceptors (Lipinski definition) is 5. The molecule has 0 radical (unpaired) electrons. The summed E-state index contributed by atoms with van der Waals surface area (Å²) in [4.78, 5) is 27.6. The lowest BCUT2D eigenvalue weighted by atomic mass is 9.98. The van der Waals surface area contributed by atoms with Gasteiger partial charge in [-0.05, 0) is 28.3 Å². The number of carboxylic acid groups (broad SMARTS) is 1. The van der Waals surface area contributed by atoms with Gasteiger partial charge in [-0.1, -0.05) is 48.5 Å². The van der Waals surface area contributed by atoms with Gasteiger partial charge in [0.15, 0.2) is 5.65 Å². The highest BCUT2D eigenvalue weighted by Gasteiger charge is 2.29. The van der Waals surface area contributed by atoms with Gasteiger partial charge in [0.2, 0.25) is 0 Å². The van der Waals surface area contributed by atoms with Crippen molar-refractivity contribution in [2.75, 3.05) is 11.9 Å². The number of aromatic carboxylic acids is 1. The first-order chi connectivity index (χ1) is 14.6. The van der Waals surface area contributed by atoms with E-state index in [1.54, 1.807) is 0 Å². The Bertz CT molecular complexity index is 1250. The van der Waals surface area contributed by atoms with E-state index in [9.17, 15) is 9.59 Å². The first-order valence-electron chi connectivity index (χ1n) is 9.31. The van der Waals surface area contributed by atoms with Crippen LogP contribution in [-0.4, -0.2) is 39.0 Å². The summed E-state index contributed by atoms with van der Waals surface area (Å²) in [6.07, 6.45) is 0.547. The van der Waals surface area contributed by atoms with E-state index < -0.39 is 12.1 Å². The van der Waals surface area contributed by atoms with E-state index in [0.29, 0.717) is 11.0 Å². The second-order valence-electron chi connectivity index (χ2n) is 6.95. The van der Waals surface area contributed by atoms with Crippen molar-refractivity contribution < 1.29 is 19.4 Å². The second-order valence-corrected chi connectivity index (χ2v) is 6.95. The van der Waals surface area contributed by atoms with Gasteiger partial charge in [-0.3, -0.25) is 10.4 Å². The van der Waals surface area contributed by atoms with Crippen LogP contribution in [0.4, 0.5) is 10.6 Å². The van der Waals surface area contributed by atoms with Crippen molar-refractivity contribution in [2.24, 2.45) is 0 Å². The largest absolute Gasteiger partial charge is 0.478 e. The van der Waals surface area contributed by atoms with Crippen LogP contribution in [0, 0.1) is 0 Å². The number of carbonyl (C=O) groups is 2. The van der Waals surface area contributed by atoms with E-state index in [2.05, 4.69) is 32.6 Å². The SMILES string of the molecule is O=C(Nc1[nH]nc2ncc(C(=O)O)cc12)OCC1c2ccccc2-c2ccccc21. The van der Waals surface area contributed by atoms with Crippen LogP contribution in [0.1, 0.15) is 27.4 Å². The molecule has 0 spiro atoms. The molecule has 0 saturated carbocycles. The lowest BCUT2D eigenvalue weighted by Gasteiger charge is -2.14. The average molecular weight is 400 g/mol. The first kappa shape index (κ1) is 17.9. The highest BCUT2D eigenvalue weighted by molar-refractivity contribution is 5.99. The van der Waals surface area contributed by atoms with Gasteiger partial charge in [-0.2, -0.15) is 5.10 Å². The number of benzene rings is 2. The Balaban J connectivity index is 1.34. The predicted molar refractivity (Wildman–Crippen MR) is 110 cm³/mol. The number of hydrogen-bond donors (Lipinski definition) is 3. The third-order valence-corrected chi connectivity index (χ3v) is 5.23. The van der Waals surface area contributed by atoms with Crippen molar-refractivity contribution in [3.05, 3.63) is 77.5 Å². The van der Waals surface area contributed by atoms with Gasteiger partial charge in [-0.15, -0.1) is 0 Å². The van der Waals surface area contributed by atoms with Crippen molar-refractivity contribution >= 4 is 28.9 Å². The van der Waals surface area contributed by atoms with Crippen LogP contribution in [-0.2, 0) is 4.74 Å². The first-order valence-corrected chi connectivity index (χ1v) is 9.31. The minimum atomic E-state index is -1.11. The standard InChI is InChI=1S/C22H16N4O4/c27-21(28)12-9-17-19(23-10-12)25-26-20(17)24-22(29)30-11-18-15-7-3-1-5-13(15)14-6-2-4-8-16(14)18/h1-10,18H,11H2,(H,27,28)(H2,23,24,25,26,29). The predicted octanol–water partition coefficient (Wildman–Crippen LogP) is 4.02. The number of amides is 1. The third kappa shape index (κ3) is 2.95. The van der Waals surface area contributed by atoms with Crippen molar-refractivity contribution in [3.63, 3.8) is 0 Å². The fourth-order valence-electron chi connectivity index (χ4n) is 3.85. The lowest BCUT2D eigenvalue weighted by molar-refractivity contribution is 0.0696. The Morgan fingerprint density at radius 2 is 1.73 bits per heavy atom. The molecule has 2 heterocycles. The molecule has 2 aromatic carbocycles. The minimum absolute atomic E-state index is 0.000475. The molecule has 1 amide bonds. The molecule has 30 heavy (non-hydrogen) atoms. The number of anilines is 1. The summed E-state index contributed by atoms with van der Waals surface area (Å²) in [5.41, 5.74) is 4.83. The summed E-state index contributed by atoms with van der Waals surface area (Å²) in [7, 11) is 0. The molecule has 2 aromatic heterocycles. The third-order valence-electron chi connectivity index (χ3n) is 5.23. The molecule has 8 heteroatoms. The normalized spacial score (nSPS) is 12.4. The zero-order valence-corrected chi connectivity index (χ0v) is 15.6. The highest BCUT2D eigenvalue weighted by atomic mass is 16.5. The smallest absolute Gasteiger partial charge is 0.412 e. The summed E-state index contributed by atoms with van der Waals surface area (Å²) in [6, 6.07) is 17.6. The number of carbonyl (C=O) groups excluding carboxylic acids is 1. The Morgan fingerprint density at radius 1 is 1.07 bits per heavy atom. The van der Waals surface area contributed by atoms with Crippen LogP contribution in [0.2, 0.25) is 0 Å². The average Bonchev–Trinajstić information content (AvgIpc) is 3.31.